The fourth-order valence-corrected chi connectivity index (χ4v) is 2.26. The lowest BCUT2D eigenvalue weighted by molar-refractivity contribution is -0.130. The molecule has 4 N–H and O–H groups in total. The highest BCUT2D eigenvalue weighted by Gasteiger charge is 2.23. The number of aliphatic hydroxyl groups is 1. The molecule has 0 bridgehead atoms. The van der Waals surface area contributed by atoms with Crippen LogP contribution in [0.25, 0.3) is 0 Å². The first-order valence-electron chi connectivity index (χ1n) is 6.86. The molecule has 0 heterocycles. The second-order valence-corrected chi connectivity index (χ2v) is 6.23. The van der Waals surface area contributed by atoms with E-state index >= 15 is 0 Å². The average Bonchev–Trinajstić information content (AvgIpc) is 2.39. The highest BCUT2D eigenvalue weighted by Crippen LogP contribution is 2.17. The largest absolute Gasteiger partial charge is 0.382 e. The van der Waals surface area contributed by atoms with Gasteiger partial charge in [-0.3, -0.25) is 4.79 Å². The Morgan fingerprint density at radius 1 is 1.40 bits per heavy atom. The monoisotopic (exact) mass is 342 g/mol. The number of amides is 1. The standard InChI is InChI=1S/C15H23BrN2O2/c1-10(2)7-8-18-15(20)14(19)13(17)9-11-5-3-4-6-12(11)16/h3-6,10,13-14,19H,7-9,17H2,1-2H3,(H,18,20). The number of rotatable bonds is 7. The van der Waals surface area contributed by atoms with Crippen LogP contribution in [0.1, 0.15) is 25.8 Å². The van der Waals surface area contributed by atoms with Gasteiger partial charge in [0.15, 0.2) is 0 Å². The Morgan fingerprint density at radius 3 is 2.65 bits per heavy atom. The third-order valence-electron chi connectivity index (χ3n) is 3.11. The number of carbonyl (C=O) groups is 1. The fourth-order valence-electron chi connectivity index (χ4n) is 1.81. The van der Waals surface area contributed by atoms with Crippen molar-refractivity contribution in [2.24, 2.45) is 11.7 Å². The van der Waals surface area contributed by atoms with Crippen molar-refractivity contribution in [3.8, 4) is 0 Å². The van der Waals surface area contributed by atoms with Gasteiger partial charge < -0.3 is 16.2 Å². The van der Waals surface area contributed by atoms with Crippen LogP contribution in [0.3, 0.4) is 0 Å². The predicted octanol–water partition coefficient (Wildman–Crippen LogP) is 1.84. The third kappa shape index (κ3) is 5.61. The molecule has 5 heteroatoms. The van der Waals surface area contributed by atoms with Crippen molar-refractivity contribution in [3.05, 3.63) is 34.3 Å². The van der Waals surface area contributed by atoms with E-state index in [-0.39, 0.29) is 0 Å². The van der Waals surface area contributed by atoms with E-state index in [1.165, 1.54) is 0 Å². The van der Waals surface area contributed by atoms with Gasteiger partial charge in [-0.05, 0) is 30.4 Å². The molecule has 1 aromatic carbocycles. The summed E-state index contributed by atoms with van der Waals surface area (Å²) in [5.41, 5.74) is 6.90. The number of carbonyl (C=O) groups excluding carboxylic acids is 1. The summed E-state index contributed by atoms with van der Waals surface area (Å²) in [6, 6.07) is 7.04. The third-order valence-corrected chi connectivity index (χ3v) is 3.88. The zero-order valence-electron chi connectivity index (χ0n) is 12.0. The first-order chi connectivity index (χ1) is 9.41. The Kier molecular flexibility index (Phi) is 7.19. The quantitative estimate of drug-likeness (QED) is 0.707. The van der Waals surface area contributed by atoms with Crippen LogP contribution >= 0.6 is 15.9 Å². The van der Waals surface area contributed by atoms with Crippen molar-refractivity contribution in [2.45, 2.75) is 38.8 Å². The van der Waals surface area contributed by atoms with E-state index in [1.807, 2.05) is 24.3 Å². The molecule has 0 aliphatic heterocycles. The molecule has 1 amide bonds. The second-order valence-electron chi connectivity index (χ2n) is 5.38. The molecule has 20 heavy (non-hydrogen) atoms. The van der Waals surface area contributed by atoms with Crippen LogP contribution in [-0.2, 0) is 11.2 Å². The summed E-state index contributed by atoms with van der Waals surface area (Å²) >= 11 is 3.43. The fraction of sp³-hybridized carbons (Fsp3) is 0.533. The summed E-state index contributed by atoms with van der Waals surface area (Å²) < 4.78 is 0.933. The molecule has 0 saturated carbocycles. The van der Waals surface area contributed by atoms with Crippen LogP contribution in [-0.4, -0.2) is 29.7 Å². The topological polar surface area (TPSA) is 75.3 Å². The lowest BCUT2D eigenvalue weighted by Crippen LogP contribution is -2.47. The van der Waals surface area contributed by atoms with Crippen molar-refractivity contribution in [2.75, 3.05) is 6.54 Å². The molecule has 1 aromatic rings. The lowest BCUT2D eigenvalue weighted by atomic mass is 10.0. The maximum absolute atomic E-state index is 11.8. The molecular formula is C15H23BrN2O2. The van der Waals surface area contributed by atoms with Gasteiger partial charge in [-0.2, -0.15) is 0 Å². The Bertz CT molecular complexity index is 438. The number of hydrogen-bond donors (Lipinski definition) is 3. The summed E-state index contributed by atoms with van der Waals surface area (Å²) in [5.74, 6) is 0.117. The van der Waals surface area contributed by atoms with Crippen LogP contribution in [0.15, 0.2) is 28.7 Å². The van der Waals surface area contributed by atoms with E-state index in [2.05, 4.69) is 35.1 Å². The Labute approximate surface area is 128 Å². The van der Waals surface area contributed by atoms with E-state index < -0.39 is 18.1 Å². The molecule has 4 nitrogen and oxygen atoms in total. The van der Waals surface area contributed by atoms with Crippen LogP contribution in [0, 0.1) is 5.92 Å². The molecule has 2 atom stereocenters. The van der Waals surface area contributed by atoms with Crippen LogP contribution in [0.2, 0.25) is 0 Å². The first kappa shape index (κ1) is 17.1. The van der Waals surface area contributed by atoms with Gasteiger partial charge in [0.05, 0.1) is 0 Å². The normalized spacial score (nSPS) is 14.1. The van der Waals surface area contributed by atoms with E-state index in [1.54, 1.807) is 0 Å². The minimum Gasteiger partial charge on any atom is -0.382 e. The molecule has 0 fully saturated rings. The van der Waals surface area contributed by atoms with E-state index in [9.17, 15) is 9.90 Å². The van der Waals surface area contributed by atoms with Gasteiger partial charge in [0, 0.05) is 17.1 Å². The van der Waals surface area contributed by atoms with E-state index in [0.29, 0.717) is 18.9 Å². The maximum atomic E-state index is 11.8. The van der Waals surface area contributed by atoms with Gasteiger partial charge in [0.25, 0.3) is 0 Å². The molecule has 2 unspecified atom stereocenters. The van der Waals surface area contributed by atoms with Gasteiger partial charge in [-0.1, -0.05) is 48.0 Å². The predicted molar refractivity (Wildman–Crippen MR) is 84.3 cm³/mol. The molecule has 1 rings (SSSR count). The zero-order valence-corrected chi connectivity index (χ0v) is 13.6. The minimum atomic E-state index is -1.19. The summed E-state index contributed by atoms with van der Waals surface area (Å²) in [6.45, 7) is 4.73. The van der Waals surface area contributed by atoms with Gasteiger partial charge in [0.2, 0.25) is 5.91 Å². The van der Waals surface area contributed by atoms with Crippen molar-refractivity contribution in [3.63, 3.8) is 0 Å². The van der Waals surface area contributed by atoms with Crippen molar-refractivity contribution in [1.82, 2.24) is 5.32 Å². The Balaban J connectivity index is 2.48. The van der Waals surface area contributed by atoms with Crippen LogP contribution in [0.5, 0.6) is 0 Å². The highest BCUT2D eigenvalue weighted by atomic mass is 79.9. The molecule has 0 radical (unpaired) electrons. The van der Waals surface area contributed by atoms with Gasteiger partial charge >= 0.3 is 0 Å². The summed E-state index contributed by atoms with van der Waals surface area (Å²) in [4.78, 5) is 11.8. The van der Waals surface area contributed by atoms with Crippen molar-refractivity contribution >= 4 is 21.8 Å². The van der Waals surface area contributed by atoms with Crippen molar-refractivity contribution < 1.29 is 9.90 Å². The van der Waals surface area contributed by atoms with Gasteiger partial charge in [-0.25, -0.2) is 0 Å². The van der Waals surface area contributed by atoms with Gasteiger partial charge in [0.1, 0.15) is 6.10 Å². The lowest BCUT2D eigenvalue weighted by Gasteiger charge is -2.19. The van der Waals surface area contributed by atoms with E-state index in [0.717, 1.165) is 16.5 Å². The van der Waals surface area contributed by atoms with Crippen molar-refractivity contribution in [1.29, 1.82) is 0 Å². The van der Waals surface area contributed by atoms with Crippen LogP contribution in [0.4, 0.5) is 0 Å². The Hall–Kier alpha value is -0.910. The molecular weight excluding hydrogens is 320 g/mol. The summed E-state index contributed by atoms with van der Waals surface area (Å²) in [6.07, 6.45) is 0.146. The summed E-state index contributed by atoms with van der Waals surface area (Å²) in [7, 11) is 0. The Morgan fingerprint density at radius 2 is 2.05 bits per heavy atom. The van der Waals surface area contributed by atoms with Crippen LogP contribution < -0.4 is 11.1 Å². The first-order valence-corrected chi connectivity index (χ1v) is 7.66. The summed E-state index contributed by atoms with van der Waals surface area (Å²) in [5, 5.41) is 12.7. The number of nitrogens with one attached hydrogen (secondary N) is 1. The van der Waals surface area contributed by atoms with E-state index in [4.69, 9.17) is 5.73 Å². The second kappa shape index (κ2) is 8.39. The molecule has 0 aromatic heterocycles. The SMILES string of the molecule is CC(C)CCNC(=O)C(O)C(N)Cc1ccccc1Br. The average molecular weight is 343 g/mol. The van der Waals surface area contributed by atoms with Gasteiger partial charge in [-0.15, -0.1) is 0 Å². The number of nitrogens with two attached hydrogens (primary N) is 1. The molecule has 0 aliphatic rings. The number of hydrogen-bond acceptors (Lipinski definition) is 3. The molecule has 0 aliphatic carbocycles. The maximum Gasteiger partial charge on any atom is 0.250 e. The zero-order chi connectivity index (χ0) is 15.1. The highest BCUT2D eigenvalue weighted by molar-refractivity contribution is 9.10. The number of benzene rings is 1. The molecule has 112 valence electrons. The number of halogens is 1. The number of aliphatic hydroxyl groups excluding tert-OH is 1. The minimum absolute atomic E-state index is 0.398. The molecule has 0 saturated heterocycles. The smallest absolute Gasteiger partial charge is 0.250 e. The molecule has 0 spiro atoms.